The second-order valence-corrected chi connectivity index (χ2v) is 7.64. The number of rotatable bonds is 5. The van der Waals surface area contributed by atoms with Gasteiger partial charge in [0.05, 0.1) is 17.4 Å². The summed E-state index contributed by atoms with van der Waals surface area (Å²) >= 11 is 6.07. The van der Waals surface area contributed by atoms with Crippen LogP contribution in [0.3, 0.4) is 0 Å². The molecule has 0 atom stereocenters. The van der Waals surface area contributed by atoms with Crippen LogP contribution >= 0.6 is 11.6 Å². The maximum Gasteiger partial charge on any atom is 0.319 e. The maximum absolute atomic E-state index is 13.1. The highest BCUT2D eigenvalue weighted by atomic mass is 35.5. The molecule has 31 heavy (non-hydrogen) atoms. The lowest BCUT2D eigenvalue weighted by molar-refractivity contribution is 0.251. The zero-order valence-electron chi connectivity index (χ0n) is 16.9. The van der Waals surface area contributed by atoms with Crippen LogP contribution in [0.25, 0.3) is 10.9 Å². The molecular formula is C24H21ClN4O2. The van der Waals surface area contributed by atoms with E-state index in [9.17, 15) is 9.59 Å². The van der Waals surface area contributed by atoms with Crippen LogP contribution < -0.4 is 16.2 Å². The summed E-state index contributed by atoms with van der Waals surface area (Å²) in [6.07, 6.45) is 0. The molecule has 0 aliphatic carbocycles. The molecule has 0 radical (unpaired) electrons. The summed E-state index contributed by atoms with van der Waals surface area (Å²) in [7, 11) is 0. The maximum atomic E-state index is 13.1. The van der Waals surface area contributed by atoms with E-state index in [4.69, 9.17) is 11.6 Å². The van der Waals surface area contributed by atoms with Crippen molar-refractivity contribution in [3.05, 3.63) is 105 Å². The average Bonchev–Trinajstić information content (AvgIpc) is 2.76. The van der Waals surface area contributed by atoms with Gasteiger partial charge in [-0.2, -0.15) is 0 Å². The van der Waals surface area contributed by atoms with Crippen molar-refractivity contribution in [1.82, 2.24) is 14.9 Å². The molecule has 4 rings (SSSR count). The fraction of sp³-hybridized carbons (Fsp3) is 0.125. The number of aromatic nitrogens is 2. The Morgan fingerprint density at radius 1 is 1.00 bits per heavy atom. The van der Waals surface area contributed by atoms with E-state index in [1.54, 1.807) is 35.8 Å². The van der Waals surface area contributed by atoms with Gasteiger partial charge in [-0.3, -0.25) is 9.36 Å². The van der Waals surface area contributed by atoms with Crippen molar-refractivity contribution in [3.8, 4) is 0 Å². The van der Waals surface area contributed by atoms with Crippen LogP contribution in [0.2, 0.25) is 5.02 Å². The largest absolute Gasteiger partial charge is 0.334 e. The van der Waals surface area contributed by atoms with E-state index in [1.165, 1.54) is 0 Å². The molecule has 7 heteroatoms. The lowest BCUT2D eigenvalue weighted by Crippen LogP contribution is -2.28. The number of amides is 2. The first-order valence-electron chi connectivity index (χ1n) is 9.84. The fourth-order valence-corrected chi connectivity index (χ4v) is 3.58. The van der Waals surface area contributed by atoms with E-state index in [0.29, 0.717) is 40.5 Å². The smallest absolute Gasteiger partial charge is 0.319 e. The van der Waals surface area contributed by atoms with Gasteiger partial charge in [-0.05, 0) is 48.4 Å². The molecule has 0 saturated heterocycles. The highest BCUT2D eigenvalue weighted by Gasteiger charge is 2.11. The minimum absolute atomic E-state index is 0.171. The molecule has 1 heterocycles. The standard InChI is InChI=1S/C24H21ClN4O2/c1-16-27-22-11-10-20(28-24(31)26-14-17-6-3-2-4-7-17)13-21(22)23(30)29(16)15-18-8-5-9-19(25)12-18/h2-13H,14-15H2,1H3,(H2,26,28,31). The van der Waals surface area contributed by atoms with Crippen LogP contribution in [0, 0.1) is 6.92 Å². The number of hydrogen-bond acceptors (Lipinski definition) is 3. The minimum atomic E-state index is -0.345. The van der Waals surface area contributed by atoms with E-state index >= 15 is 0 Å². The monoisotopic (exact) mass is 432 g/mol. The number of nitrogens with zero attached hydrogens (tertiary/aromatic N) is 2. The van der Waals surface area contributed by atoms with Gasteiger partial charge in [0, 0.05) is 17.3 Å². The topological polar surface area (TPSA) is 76.0 Å². The highest BCUT2D eigenvalue weighted by molar-refractivity contribution is 6.30. The van der Waals surface area contributed by atoms with Crippen molar-refractivity contribution in [2.24, 2.45) is 0 Å². The molecule has 0 spiro atoms. The van der Waals surface area contributed by atoms with Gasteiger partial charge in [0.15, 0.2) is 0 Å². The van der Waals surface area contributed by atoms with Gasteiger partial charge in [-0.1, -0.05) is 54.1 Å². The van der Waals surface area contributed by atoms with Gasteiger partial charge in [0.2, 0.25) is 0 Å². The lowest BCUT2D eigenvalue weighted by Gasteiger charge is -2.12. The lowest BCUT2D eigenvalue weighted by atomic mass is 10.2. The second-order valence-electron chi connectivity index (χ2n) is 7.21. The van der Waals surface area contributed by atoms with Crippen LogP contribution in [-0.2, 0) is 13.1 Å². The van der Waals surface area contributed by atoms with E-state index in [1.807, 2.05) is 48.5 Å². The number of anilines is 1. The SMILES string of the molecule is Cc1nc2ccc(NC(=O)NCc3ccccc3)cc2c(=O)n1Cc1cccc(Cl)c1. The van der Waals surface area contributed by atoms with Gasteiger partial charge in [-0.25, -0.2) is 9.78 Å². The Morgan fingerprint density at radius 2 is 1.77 bits per heavy atom. The quantitative estimate of drug-likeness (QED) is 0.478. The number of halogens is 1. The minimum Gasteiger partial charge on any atom is -0.334 e. The normalized spacial score (nSPS) is 10.8. The van der Waals surface area contributed by atoms with E-state index in [0.717, 1.165) is 11.1 Å². The third kappa shape index (κ3) is 4.92. The van der Waals surface area contributed by atoms with Crippen molar-refractivity contribution in [2.45, 2.75) is 20.0 Å². The summed E-state index contributed by atoms with van der Waals surface area (Å²) in [5.74, 6) is 0.610. The van der Waals surface area contributed by atoms with Crippen molar-refractivity contribution in [1.29, 1.82) is 0 Å². The number of carbonyl (C=O) groups excluding carboxylic acids is 1. The third-order valence-electron chi connectivity index (χ3n) is 4.93. The molecule has 0 aliphatic rings. The Labute approximate surface area is 184 Å². The van der Waals surface area contributed by atoms with Crippen LogP contribution in [0.5, 0.6) is 0 Å². The molecule has 0 saturated carbocycles. The van der Waals surface area contributed by atoms with Crippen molar-refractivity contribution in [2.75, 3.05) is 5.32 Å². The Balaban J connectivity index is 1.56. The second kappa shape index (κ2) is 9.02. The van der Waals surface area contributed by atoms with Gasteiger partial charge < -0.3 is 10.6 Å². The molecule has 156 valence electrons. The predicted molar refractivity (Wildman–Crippen MR) is 124 cm³/mol. The summed E-state index contributed by atoms with van der Waals surface area (Å²) < 4.78 is 1.60. The first-order chi connectivity index (χ1) is 15.0. The Morgan fingerprint density at radius 3 is 2.55 bits per heavy atom. The Kier molecular flexibility index (Phi) is 6.00. The molecule has 6 nitrogen and oxygen atoms in total. The molecule has 0 unspecified atom stereocenters. The number of urea groups is 1. The van der Waals surface area contributed by atoms with Crippen LogP contribution in [0.15, 0.2) is 77.6 Å². The first kappa shape index (κ1) is 20.6. The summed E-state index contributed by atoms with van der Waals surface area (Å²) in [5, 5.41) is 6.64. The number of nitrogens with one attached hydrogen (secondary N) is 2. The number of carbonyl (C=O) groups is 1. The summed E-state index contributed by atoms with van der Waals surface area (Å²) in [4.78, 5) is 30.0. The molecule has 2 N–H and O–H groups in total. The number of fused-ring (bicyclic) bond motifs is 1. The predicted octanol–water partition coefficient (Wildman–Crippen LogP) is 4.73. The molecule has 4 aromatic rings. The van der Waals surface area contributed by atoms with Crippen LogP contribution in [0.4, 0.5) is 10.5 Å². The van der Waals surface area contributed by atoms with Gasteiger partial charge in [-0.15, -0.1) is 0 Å². The summed E-state index contributed by atoms with van der Waals surface area (Å²) in [5.41, 5.74) is 2.85. The van der Waals surface area contributed by atoms with Crippen molar-refractivity contribution < 1.29 is 4.79 Å². The molecule has 0 aliphatic heterocycles. The van der Waals surface area contributed by atoms with E-state index in [2.05, 4.69) is 15.6 Å². The molecule has 0 bridgehead atoms. The molecule has 1 aromatic heterocycles. The van der Waals surface area contributed by atoms with E-state index < -0.39 is 0 Å². The van der Waals surface area contributed by atoms with Crippen molar-refractivity contribution in [3.63, 3.8) is 0 Å². The molecule has 2 amide bonds. The van der Waals surface area contributed by atoms with Gasteiger partial charge in [0.1, 0.15) is 5.82 Å². The van der Waals surface area contributed by atoms with E-state index in [-0.39, 0.29) is 11.6 Å². The molecular weight excluding hydrogens is 412 g/mol. The molecule has 0 fully saturated rings. The number of aryl methyl sites for hydroxylation is 1. The third-order valence-corrected chi connectivity index (χ3v) is 5.16. The fourth-order valence-electron chi connectivity index (χ4n) is 3.37. The summed E-state index contributed by atoms with van der Waals surface area (Å²) in [6, 6.07) is 21.8. The van der Waals surface area contributed by atoms with Gasteiger partial charge >= 0.3 is 6.03 Å². The zero-order valence-corrected chi connectivity index (χ0v) is 17.7. The first-order valence-corrected chi connectivity index (χ1v) is 10.2. The van der Waals surface area contributed by atoms with Crippen LogP contribution in [-0.4, -0.2) is 15.6 Å². The Bertz CT molecular complexity index is 1300. The molecule has 3 aromatic carbocycles. The number of hydrogen-bond donors (Lipinski definition) is 2. The van der Waals surface area contributed by atoms with Crippen molar-refractivity contribution >= 4 is 34.2 Å². The Hall–Kier alpha value is -3.64. The number of benzene rings is 3. The summed E-state index contributed by atoms with van der Waals surface area (Å²) in [6.45, 7) is 2.57. The van der Waals surface area contributed by atoms with Crippen LogP contribution in [0.1, 0.15) is 17.0 Å². The zero-order chi connectivity index (χ0) is 21.8. The average molecular weight is 433 g/mol. The van der Waals surface area contributed by atoms with Gasteiger partial charge in [0.25, 0.3) is 5.56 Å². The highest BCUT2D eigenvalue weighted by Crippen LogP contribution is 2.17.